The van der Waals surface area contributed by atoms with E-state index in [1.807, 2.05) is 13.8 Å². The summed E-state index contributed by atoms with van der Waals surface area (Å²) in [6.45, 7) is 7.95. The first-order valence-electron chi connectivity index (χ1n) is 3.72. The summed E-state index contributed by atoms with van der Waals surface area (Å²) in [5, 5.41) is 3.09. The maximum atomic E-state index is 5.17. The third kappa shape index (κ3) is 4.43. The fourth-order valence-electron chi connectivity index (χ4n) is 0.662. The molecule has 1 saturated heterocycles. The zero-order chi connectivity index (χ0) is 7.11. The van der Waals surface area contributed by atoms with Crippen LogP contribution in [-0.2, 0) is 4.74 Å². The van der Waals surface area contributed by atoms with Crippen LogP contribution < -0.4 is 5.32 Å². The number of nitrogens with one attached hydrogen (secondary N) is 1. The molecule has 0 saturated carbocycles. The summed E-state index contributed by atoms with van der Waals surface area (Å²) in [6, 6.07) is 0. The third-order valence-electron chi connectivity index (χ3n) is 1.20. The summed E-state index contributed by atoms with van der Waals surface area (Å²) in [5.41, 5.74) is 0. The van der Waals surface area contributed by atoms with Crippen molar-refractivity contribution in [3.05, 3.63) is 0 Å². The standard InChI is InChI=1S/C5H11NO.C2H6/c1-5-2-3-6-4-7-5;1-2/h5-6H,2-4H2,1H3;1-2H3. The largest absolute Gasteiger partial charge is 0.363 e. The molecule has 0 aromatic heterocycles. The van der Waals surface area contributed by atoms with Crippen molar-refractivity contribution in [2.75, 3.05) is 13.3 Å². The molecule has 1 fully saturated rings. The monoisotopic (exact) mass is 131 g/mol. The van der Waals surface area contributed by atoms with Crippen LogP contribution in [0.25, 0.3) is 0 Å². The van der Waals surface area contributed by atoms with Crippen LogP contribution in [-0.4, -0.2) is 19.4 Å². The predicted octanol–water partition coefficient (Wildman–Crippen LogP) is 1.37. The van der Waals surface area contributed by atoms with Gasteiger partial charge >= 0.3 is 0 Å². The van der Waals surface area contributed by atoms with Crippen LogP contribution in [0.15, 0.2) is 0 Å². The van der Waals surface area contributed by atoms with Crippen molar-refractivity contribution in [1.82, 2.24) is 5.32 Å². The number of ether oxygens (including phenoxy) is 1. The van der Waals surface area contributed by atoms with Gasteiger partial charge in [0.25, 0.3) is 0 Å². The molecule has 0 aromatic rings. The summed E-state index contributed by atoms with van der Waals surface area (Å²) >= 11 is 0. The first kappa shape index (κ1) is 8.92. The van der Waals surface area contributed by atoms with Gasteiger partial charge in [-0.25, -0.2) is 0 Å². The highest BCUT2D eigenvalue weighted by molar-refractivity contribution is 4.56. The van der Waals surface area contributed by atoms with Crippen LogP contribution in [0.2, 0.25) is 0 Å². The molecule has 0 aromatic carbocycles. The lowest BCUT2D eigenvalue weighted by atomic mass is 10.3. The highest BCUT2D eigenvalue weighted by Crippen LogP contribution is 1.98. The Morgan fingerprint density at radius 3 is 2.33 bits per heavy atom. The lowest BCUT2D eigenvalue weighted by Crippen LogP contribution is -2.31. The summed E-state index contributed by atoms with van der Waals surface area (Å²) in [6.07, 6.45) is 1.63. The number of hydrogen-bond donors (Lipinski definition) is 1. The second-order valence-electron chi connectivity index (χ2n) is 1.91. The van der Waals surface area contributed by atoms with Gasteiger partial charge in [0.15, 0.2) is 0 Å². The molecule has 1 aliphatic rings. The summed E-state index contributed by atoms with van der Waals surface area (Å²) < 4.78 is 5.17. The number of rotatable bonds is 0. The summed E-state index contributed by atoms with van der Waals surface area (Å²) in [7, 11) is 0. The minimum Gasteiger partial charge on any atom is -0.363 e. The average molecular weight is 131 g/mol. The van der Waals surface area contributed by atoms with E-state index in [2.05, 4.69) is 12.2 Å². The van der Waals surface area contributed by atoms with E-state index in [-0.39, 0.29) is 0 Å². The van der Waals surface area contributed by atoms with Crippen LogP contribution in [0.5, 0.6) is 0 Å². The Balaban J connectivity index is 0.000000291. The second kappa shape index (κ2) is 6.05. The van der Waals surface area contributed by atoms with Gasteiger partial charge in [-0.3, -0.25) is 5.32 Å². The maximum Gasteiger partial charge on any atom is 0.0968 e. The molecule has 1 atom stereocenters. The third-order valence-corrected chi connectivity index (χ3v) is 1.20. The molecule has 56 valence electrons. The smallest absolute Gasteiger partial charge is 0.0968 e. The van der Waals surface area contributed by atoms with Crippen LogP contribution in [0.4, 0.5) is 0 Å². The van der Waals surface area contributed by atoms with Crippen LogP contribution in [0, 0.1) is 0 Å². The Morgan fingerprint density at radius 2 is 2.11 bits per heavy atom. The minimum atomic E-state index is 0.473. The second-order valence-corrected chi connectivity index (χ2v) is 1.91. The van der Waals surface area contributed by atoms with Gasteiger partial charge in [-0.1, -0.05) is 13.8 Å². The Hall–Kier alpha value is -0.0800. The molecule has 0 spiro atoms. The molecule has 0 aliphatic carbocycles. The molecule has 2 heteroatoms. The Kier molecular flexibility index (Phi) is 5.99. The van der Waals surface area contributed by atoms with Gasteiger partial charge in [-0.05, 0) is 19.9 Å². The van der Waals surface area contributed by atoms with Crippen molar-refractivity contribution < 1.29 is 4.74 Å². The molecule has 2 nitrogen and oxygen atoms in total. The van der Waals surface area contributed by atoms with Crippen molar-refractivity contribution in [2.24, 2.45) is 0 Å². The molecule has 9 heavy (non-hydrogen) atoms. The van der Waals surface area contributed by atoms with E-state index < -0.39 is 0 Å². The van der Waals surface area contributed by atoms with Crippen LogP contribution >= 0.6 is 0 Å². The Labute approximate surface area is 57.6 Å². The van der Waals surface area contributed by atoms with Crippen molar-refractivity contribution >= 4 is 0 Å². The average Bonchev–Trinajstić information content (AvgIpc) is 1.94. The SMILES string of the molecule is CC.CC1CCNCO1. The first-order valence-corrected chi connectivity index (χ1v) is 3.72. The molecular weight excluding hydrogens is 114 g/mol. The molecule has 1 unspecified atom stereocenters. The minimum absolute atomic E-state index is 0.473. The fraction of sp³-hybridized carbons (Fsp3) is 1.00. The van der Waals surface area contributed by atoms with E-state index in [9.17, 15) is 0 Å². The van der Waals surface area contributed by atoms with E-state index in [1.54, 1.807) is 0 Å². The molecule has 0 bridgehead atoms. The lowest BCUT2D eigenvalue weighted by molar-refractivity contribution is 0.0193. The zero-order valence-electron chi connectivity index (χ0n) is 6.61. The van der Waals surface area contributed by atoms with Crippen molar-refractivity contribution in [3.63, 3.8) is 0 Å². The summed E-state index contributed by atoms with van der Waals surface area (Å²) in [5.74, 6) is 0. The zero-order valence-corrected chi connectivity index (χ0v) is 6.61. The van der Waals surface area contributed by atoms with E-state index in [4.69, 9.17) is 4.74 Å². The van der Waals surface area contributed by atoms with Crippen molar-refractivity contribution in [3.8, 4) is 0 Å². The lowest BCUT2D eigenvalue weighted by Gasteiger charge is -2.18. The quantitative estimate of drug-likeness (QED) is 0.536. The summed E-state index contributed by atoms with van der Waals surface area (Å²) in [4.78, 5) is 0. The topological polar surface area (TPSA) is 21.3 Å². The first-order chi connectivity index (χ1) is 4.39. The van der Waals surface area contributed by atoms with Gasteiger partial charge in [0.1, 0.15) is 0 Å². The van der Waals surface area contributed by atoms with Crippen LogP contribution in [0.3, 0.4) is 0 Å². The number of hydrogen-bond acceptors (Lipinski definition) is 2. The van der Waals surface area contributed by atoms with Gasteiger partial charge in [-0.2, -0.15) is 0 Å². The van der Waals surface area contributed by atoms with E-state index in [0.717, 1.165) is 19.7 Å². The Morgan fingerprint density at radius 1 is 1.44 bits per heavy atom. The highest BCUT2D eigenvalue weighted by Gasteiger charge is 2.04. The van der Waals surface area contributed by atoms with Crippen molar-refractivity contribution in [2.45, 2.75) is 33.3 Å². The fourth-order valence-corrected chi connectivity index (χ4v) is 0.662. The molecule has 0 amide bonds. The molecule has 0 radical (unpaired) electrons. The maximum absolute atomic E-state index is 5.17. The van der Waals surface area contributed by atoms with Gasteiger partial charge < -0.3 is 4.74 Å². The predicted molar refractivity (Wildman–Crippen MR) is 39.4 cm³/mol. The normalized spacial score (nSPS) is 26.3. The van der Waals surface area contributed by atoms with E-state index >= 15 is 0 Å². The molecular formula is C7H17NO. The van der Waals surface area contributed by atoms with Gasteiger partial charge in [0, 0.05) is 0 Å². The Bertz CT molecular complexity index is 50.9. The molecule has 1 aliphatic heterocycles. The molecule has 1 N–H and O–H groups in total. The van der Waals surface area contributed by atoms with E-state index in [0.29, 0.717) is 6.10 Å². The van der Waals surface area contributed by atoms with Gasteiger partial charge in [-0.15, -0.1) is 0 Å². The van der Waals surface area contributed by atoms with Crippen LogP contribution in [0.1, 0.15) is 27.2 Å². The molecule has 1 heterocycles. The van der Waals surface area contributed by atoms with Gasteiger partial charge in [0.05, 0.1) is 12.8 Å². The molecule has 1 rings (SSSR count). The van der Waals surface area contributed by atoms with E-state index in [1.165, 1.54) is 0 Å². The highest BCUT2D eigenvalue weighted by atomic mass is 16.5. The van der Waals surface area contributed by atoms with Crippen molar-refractivity contribution in [1.29, 1.82) is 0 Å². The van der Waals surface area contributed by atoms with Gasteiger partial charge in [0.2, 0.25) is 0 Å².